The van der Waals surface area contributed by atoms with Crippen LogP contribution in [0.4, 0.5) is 0 Å². The Labute approximate surface area is 127 Å². The quantitative estimate of drug-likeness (QED) is 0.837. The normalized spacial score (nSPS) is 13.8. The van der Waals surface area contributed by atoms with E-state index in [1.54, 1.807) is 36.5 Å². The fraction of sp³-hybridized carbons (Fsp3) is 0.357. The van der Waals surface area contributed by atoms with Gasteiger partial charge in [0.1, 0.15) is 0 Å². The largest absolute Gasteiger partial charge is 0.256 e. The summed E-state index contributed by atoms with van der Waals surface area (Å²) in [6, 6.07) is 8.49. The van der Waals surface area contributed by atoms with Crippen molar-refractivity contribution in [1.82, 2.24) is 9.71 Å². The molecule has 1 atom stereocenters. The van der Waals surface area contributed by atoms with E-state index in [1.807, 2.05) is 13.8 Å². The second-order valence-electron chi connectivity index (χ2n) is 4.95. The van der Waals surface area contributed by atoms with Crippen LogP contribution in [0.2, 0.25) is 0 Å². The highest BCUT2D eigenvalue weighted by Gasteiger charge is 2.23. The number of alkyl halides is 1. The molecule has 0 fully saturated rings. The second-order valence-corrected chi connectivity index (χ2v) is 7.28. The van der Waals surface area contributed by atoms with Gasteiger partial charge in [0.25, 0.3) is 0 Å². The van der Waals surface area contributed by atoms with Crippen LogP contribution in [0.15, 0.2) is 41.4 Å². The molecule has 0 aliphatic carbocycles. The van der Waals surface area contributed by atoms with Gasteiger partial charge >= 0.3 is 0 Å². The monoisotopic (exact) mass is 356 g/mol. The summed E-state index contributed by atoms with van der Waals surface area (Å²) >= 11 is 3.35. The molecule has 6 heteroatoms. The average molecular weight is 357 g/mol. The Kier molecular flexibility index (Phi) is 4.78. The summed E-state index contributed by atoms with van der Waals surface area (Å²) < 4.78 is 27.9. The van der Waals surface area contributed by atoms with Crippen molar-refractivity contribution in [3.8, 4) is 0 Å². The van der Waals surface area contributed by atoms with Crippen molar-refractivity contribution in [2.24, 2.45) is 5.92 Å². The number of rotatable bonds is 5. The van der Waals surface area contributed by atoms with E-state index in [1.165, 1.54) is 0 Å². The number of hydrogen-bond acceptors (Lipinski definition) is 3. The van der Waals surface area contributed by atoms with Gasteiger partial charge in [-0.05, 0) is 30.2 Å². The Morgan fingerprint density at radius 1 is 1.25 bits per heavy atom. The van der Waals surface area contributed by atoms with Gasteiger partial charge in [-0.3, -0.25) is 4.98 Å². The van der Waals surface area contributed by atoms with Gasteiger partial charge in [-0.1, -0.05) is 35.8 Å². The van der Waals surface area contributed by atoms with Crippen molar-refractivity contribution in [3.63, 3.8) is 0 Å². The molecule has 0 spiro atoms. The molecule has 108 valence electrons. The molecule has 4 nitrogen and oxygen atoms in total. The van der Waals surface area contributed by atoms with E-state index < -0.39 is 10.0 Å². The summed E-state index contributed by atoms with van der Waals surface area (Å²) in [7, 11) is -3.56. The summed E-state index contributed by atoms with van der Waals surface area (Å²) in [5, 5.41) is 1.21. The lowest BCUT2D eigenvalue weighted by molar-refractivity contribution is 0.484. The molecule has 1 heterocycles. The molecule has 1 unspecified atom stereocenters. The zero-order valence-corrected chi connectivity index (χ0v) is 13.8. The number of fused-ring (bicyclic) bond motifs is 1. The zero-order valence-electron chi connectivity index (χ0n) is 11.4. The number of hydrogen-bond donors (Lipinski definition) is 1. The highest BCUT2D eigenvalue weighted by Crippen LogP contribution is 2.22. The molecule has 0 saturated carbocycles. The molecule has 0 saturated heterocycles. The first kappa shape index (κ1) is 15.4. The van der Waals surface area contributed by atoms with Crippen LogP contribution in [-0.2, 0) is 10.0 Å². The van der Waals surface area contributed by atoms with Gasteiger partial charge in [0.05, 0.1) is 10.4 Å². The van der Waals surface area contributed by atoms with E-state index in [2.05, 4.69) is 25.6 Å². The number of nitrogens with zero attached hydrogens (tertiary/aromatic N) is 1. The Balaban J connectivity index is 2.47. The predicted octanol–water partition coefficient (Wildman–Crippen LogP) is 2.93. The molecule has 0 aliphatic heterocycles. The van der Waals surface area contributed by atoms with Crippen molar-refractivity contribution in [1.29, 1.82) is 0 Å². The Morgan fingerprint density at radius 2 is 2.00 bits per heavy atom. The van der Waals surface area contributed by atoms with E-state index in [0.29, 0.717) is 16.2 Å². The summed E-state index contributed by atoms with van der Waals surface area (Å²) in [5.74, 6) is 0.206. The molecular weight excluding hydrogens is 340 g/mol. The Hall–Kier alpha value is -0.980. The molecule has 0 aliphatic rings. The van der Waals surface area contributed by atoms with Gasteiger partial charge in [-0.25, -0.2) is 13.1 Å². The van der Waals surface area contributed by atoms with Crippen molar-refractivity contribution in [3.05, 3.63) is 36.5 Å². The maximum absolute atomic E-state index is 12.6. The third kappa shape index (κ3) is 3.19. The van der Waals surface area contributed by atoms with Crippen LogP contribution < -0.4 is 4.72 Å². The molecule has 1 N–H and O–H groups in total. The predicted molar refractivity (Wildman–Crippen MR) is 84.5 cm³/mol. The van der Waals surface area contributed by atoms with Crippen LogP contribution in [0.3, 0.4) is 0 Å². The van der Waals surface area contributed by atoms with Crippen LogP contribution in [0.1, 0.15) is 13.8 Å². The Bertz CT molecular complexity index is 696. The van der Waals surface area contributed by atoms with Crippen molar-refractivity contribution in [2.45, 2.75) is 24.8 Å². The first-order valence-electron chi connectivity index (χ1n) is 6.37. The van der Waals surface area contributed by atoms with Gasteiger partial charge < -0.3 is 0 Å². The first-order valence-corrected chi connectivity index (χ1v) is 8.98. The van der Waals surface area contributed by atoms with Crippen LogP contribution in [0, 0.1) is 5.92 Å². The number of sulfonamides is 1. The summed E-state index contributed by atoms with van der Waals surface area (Å²) in [4.78, 5) is 4.46. The van der Waals surface area contributed by atoms with Crippen molar-refractivity contribution >= 4 is 36.9 Å². The number of halogens is 1. The molecule has 2 aromatic rings. The molecule has 1 aromatic heterocycles. The van der Waals surface area contributed by atoms with Gasteiger partial charge in [0, 0.05) is 23.0 Å². The minimum absolute atomic E-state index is 0.146. The van der Waals surface area contributed by atoms with Gasteiger partial charge in [-0.2, -0.15) is 0 Å². The second kappa shape index (κ2) is 6.20. The van der Waals surface area contributed by atoms with Crippen LogP contribution >= 0.6 is 15.9 Å². The lowest BCUT2D eigenvalue weighted by Crippen LogP contribution is -2.39. The van der Waals surface area contributed by atoms with E-state index in [4.69, 9.17) is 0 Å². The van der Waals surface area contributed by atoms with Crippen LogP contribution in [0.5, 0.6) is 0 Å². The maximum Gasteiger partial charge on any atom is 0.241 e. The van der Waals surface area contributed by atoms with Crippen LogP contribution in [0.25, 0.3) is 10.9 Å². The van der Waals surface area contributed by atoms with Crippen molar-refractivity contribution in [2.75, 3.05) is 5.33 Å². The van der Waals surface area contributed by atoms with Gasteiger partial charge in [0.2, 0.25) is 10.0 Å². The number of nitrogens with one attached hydrogen (secondary N) is 1. The average Bonchev–Trinajstić information content (AvgIpc) is 2.43. The lowest BCUT2D eigenvalue weighted by Gasteiger charge is -2.20. The van der Waals surface area contributed by atoms with Crippen molar-refractivity contribution < 1.29 is 8.42 Å². The third-order valence-electron chi connectivity index (χ3n) is 3.17. The minimum atomic E-state index is -3.56. The van der Waals surface area contributed by atoms with Crippen LogP contribution in [-0.4, -0.2) is 24.8 Å². The SMILES string of the molecule is CC(C)C(CBr)NS(=O)(=O)c1cccc2ncccc12. The molecule has 0 radical (unpaired) electrons. The zero-order chi connectivity index (χ0) is 14.8. The van der Waals surface area contributed by atoms with E-state index in [0.717, 1.165) is 0 Å². The highest BCUT2D eigenvalue weighted by atomic mass is 79.9. The molecule has 1 aromatic carbocycles. The molecular formula is C14H17BrN2O2S. The third-order valence-corrected chi connectivity index (χ3v) is 5.42. The number of aromatic nitrogens is 1. The fourth-order valence-electron chi connectivity index (χ4n) is 1.92. The van der Waals surface area contributed by atoms with Gasteiger partial charge in [-0.15, -0.1) is 0 Å². The van der Waals surface area contributed by atoms with E-state index in [9.17, 15) is 8.42 Å². The maximum atomic E-state index is 12.6. The number of benzene rings is 1. The highest BCUT2D eigenvalue weighted by molar-refractivity contribution is 9.09. The molecule has 0 amide bonds. The number of pyridine rings is 1. The van der Waals surface area contributed by atoms with E-state index >= 15 is 0 Å². The summed E-state index contributed by atoms with van der Waals surface area (Å²) in [6.45, 7) is 3.97. The topological polar surface area (TPSA) is 59.1 Å². The first-order chi connectivity index (χ1) is 9.45. The fourth-order valence-corrected chi connectivity index (χ4v) is 4.64. The summed E-state index contributed by atoms with van der Waals surface area (Å²) in [6.07, 6.45) is 1.65. The molecule has 20 heavy (non-hydrogen) atoms. The standard InChI is InChI=1S/C14H17BrN2O2S/c1-10(2)13(9-15)17-20(18,19)14-7-3-6-12-11(14)5-4-8-16-12/h3-8,10,13,17H,9H2,1-2H3. The van der Waals surface area contributed by atoms with E-state index in [-0.39, 0.29) is 16.9 Å². The Morgan fingerprint density at radius 3 is 2.65 bits per heavy atom. The minimum Gasteiger partial charge on any atom is -0.256 e. The smallest absolute Gasteiger partial charge is 0.241 e. The lowest BCUT2D eigenvalue weighted by atomic mass is 10.1. The molecule has 0 bridgehead atoms. The summed E-state index contributed by atoms with van der Waals surface area (Å²) in [5.41, 5.74) is 0.676. The molecule has 2 rings (SSSR count). The van der Waals surface area contributed by atoms with Gasteiger partial charge in [0.15, 0.2) is 0 Å².